The first-order chi connectivity index (χ1) is 10.7. The van der Waals surface area contributed by atoms with Gasteiger partial charge in [-0.05, 0) is 36.7 Å². The van der Waals surface area contributed by atoms with Gasteiger partial charge in [-0.15, -0.1) is 0 Å². The van der Waals surface area contributed by atoms with E-state index in [2.05, 4.69) is 4.98 Å². The second-order valence-corrected chi connectivity index (χ2v) is 5.15. The van der Waals surface area contributed by atoms with Crippen molar-refractivity contribution in [2.24, 2.45) is 0 Å². The van der Waals surface area contributed by atoms with Crippen molar-refractivity contribution in [2.45, 2.75) is 6.92 Å². The molecule has 3 nitrogen and oxygen atoms in total. The summed E-state index contributed by atoms with van der Waals surface area (Å²) in [5, 5.41) is 0.370. The lowest BCUT2D eigenvalue weighted by Crippen LogP contribution is -1.97. The van der Waals surface area contributed by atoms with Crippen LogP contribution in [0.1, 0.15) is 17.3 Å². The number of rotatable bonds is 4. The second kappa shape index (κ2) is 6.16. The zero-order valence-electron chi connectivity index (χ0n) is 12.0. The summed E-state index contributed by atoms with van der Waals surface area (Å²) in [5.74, 6) is 0.750. The van der Waals surface area contributed by atoms with Crippen molar-refractivity contribution in [3.63, 3.8) is 0 Å². The van der Waals surface area contributed by atoms with Crippen LogP contribution in [0.5, 0.6) is 5.75 Å². The van der Waals surface area contributed by atoms with Gasteiger partial charge in [0.1, 0.15) is 5.75 Å². The van der Waals surface area contributed by atoms with Crippen molar-refractivity contribution in [1.29, 1.82) is 0 Å². The molecule has 110 valence electrons. The summed E-state index contributed by atoms with van der Waals surface area (Å²) >= 11 is 5.56. The molecule has 0 saturated carbocycles. The average Bonchev–Trinajstić information content (AvgIpc) is 2.55. The van der Waals surface area contributed by atoms with Gasteiger partial charge >= 0.3 is 0 Å². The molecular formula is C18H14ClNO2. The van der Waals surface area contributed by atoms with Crippen LogP contribution in [0, 0.1) is 0 Å². The zero-order valence-corrected chi connectivity index (χ0v) is 12.8. The summed E-state index contributed by atoms with van der Waals surface area (Å²) in [6.07, 6.45) is 0. The average molecular weight is 312 g/mol. The third-order valence-corrected chi connectivity index (χ3v) is 3.59. The van der Waals surface area contributed by atoms with Gasteiger partial charge in [0.25, 0.3) is 5.24 Å². The van der Waals surface area contributed by atoms with E-state index in [1.165, 1.54) is 0 Å². The molecule has 0 aliphatic rings. The van der Waals surface area contributed by atoms with Crippen LogP contribution in [-0.4, -0.2) is 16.8 Å². The van der Waals surface area contributed by atoms with E-state index in [4.69, 9.17) is 16.3 Å². The van der Waals surface area contributed by atoms with E-state index in [1.54, 1.807) is 12.1 Å². The number of carbonyl (C=O) groups excluding carboxylic acids is 1. The van der Waals surface area contributed by atoms with E-state index in [9.17, 15) is 4.79 Å². The van der Waals surface area contributed by atoms with Gasteiger partial charge in [-0.2, -0.15) is 0 Å². The molecule has 3 aromatic rings. The maximum atomic E-state index is 11.4. The highest BCUT2D eigenvalue weighted by molar-refractivity contribution is 6.67. The molecule has 4 heteroatoms. The van der Waals surface area contributed by atoms with E-state index in [0.717, 1.165) is 22.4 Å². The molecule has 0 atom stereocenters. The molecule has 2 aromatic carbocycles. The number of pyridine rings is 1. The quantitative estimate of drug-likeness (QED) is 0.657. The number of ether oxygens (including phenoxy) is 1. The van der Waals surface area contributed by atoms with Crippen molar-refractivity contribution in [3.05, 3.63) is 60.2 Å². The first kappa shape index (κ1) is 14.5. The van der Waals surface area contributed by atoms with Gasteiger partial charge < -0.3 is 4.74 Å². The monoisotopic (exact) mass is 311 g/mol. The van der Waals surface area contributed by atoms with Crippen LogP contribution >= 0.6 is 11.6 Å². The largest absolute Gasteiger partial charge is 0.493 e. The topological polar surface area (TPSA) is 39.2 Å². The van der Waals surface area contributed by atoms with E-state index in [-0.39, 0.29) is 0 Å². The molecule has 0 aliphatic heterocycles. The first-order valence-electron chi connectivity index (χ1n) is 7.02. The predicted octanol–water partition coefficient (Wildman–Crippen LogP) is 4.68. The highest BCUT2D eigenvalue weighted by Gasteiger charge is 2.11. The second-order valence-electron chi connectivity index (χ2n) is 4.81. The summed E-state index contributed by atoms with van der Waals surface area (Å²) in [6, 6.07) is 17.0. The Morgan fingerprint density at radius 2 is 1.91 bits per heavy atom. The Hall–Kier alpha value is -2.39. The van der Waals surface area contributed by atoms with Crippen molar-refractivity contribution in [3.8, 4) is 17.0 Å². The number of aromatic nitrogens is 1. The third-order valence-electron chi connectivity index (χ3n) is 3.37. The van der Waals surface area contributed by atoms with Crippen LogP contribution < -0.4 is 4.74 Å². The van der Waals surface area contributed by atoms with E-state index in [0.29, 0.717) is 17.7 Å². The highest BCUT2D eigenvalue weighted by Crippen LogP contribution is 2.30. The Bertz CT molecular complexity index is 831. The zero-order chi connectivity index (χ0) is 15.5. The fraction of sp³-hybridized carbons (Fsp3) is 0.111. The van der Waals surface area contributed by atoms with E-state index in [1.807, 2.05) is 49.4 Å². The molecule has 0 bridgehead atoms. The Kier molecular flexibility index (Phi) is 4.07. The van der Waals surface area contributed by atoms with Crippen molar-refractivity contribution in [1.82, 2.24) is 4.98 Å². The standard InChI is InChI=1S/C18H14ClNO2/c1-2-22-17-11-15(12-6-4-3-5-7-12)20-16-10-13(18(19)21)8-9-14(16)17/h3-11H,2H2,1H3. The van der Waals surface area contributed by atoms with Crippen molar-refractivity contribution in [2.75, 3.05) is 6.61 Å². The van der Waals surface area contributed by atoms with Crippen LogP contribution in [0.2, 0.25) is 0 Å². The van der Waals surface area contributed by atoms with Gasteiger partial charge in [0.05, 0.1) is 17.8 Å². The van der Waals surface area contributed by atoms with Gasteiger partial charge in [-0.25, -0.2) is 4.98 Å². The third kappa shape index (κ3) is 2.81. The molecule has 22 heavy (non-hydrogen) atoms. The molecule has 0 aliphatic carbocycles. The predicted molar refractivity (Wildman–Crippen MR) is 88.5 cm³/mol. The summed E-state index contributed by atoms with van der Waals surface area (Å²) < 4.78 is 5.72. The molecule has 1 aromatic heterocycles. The summed E-state index contributed by atoms with van der Waals surface area (Å²) in [5.41, 5.74) is 2.91. The molecule has 0 radical (unpaired) electrons. The van der Waals surface area contributed by atoms with Gasteiger partial charge in [-0.3, -0.25) is 4.79 Å². The molecule has 0 amide bonds. The first-order valence-corrected chi connectivity index (χ1v) is 7.39. The SMILES string of the molecule is CCOc1cc(-c2ccccc2)nc2cc(C(=O)Cl)ccc12. The van der Waals surface area contributed by atoms with Crippen molar-refractivity contribution >= 4 is 27.7 Å². The molecule has 1 heterocycles. The molecule has 0 spiro atoms. The van der Waals surface area contributed by atoms with Crippen LogP contribution in [0.25, 0.3) is 22.2 Å². The Balaban J connectivity index is 2.24. The lowest BCUT2D eigenvalue weighted by atomic mass is 10.1. The fourth-order valence-corrected chi connectivity index (χ4v) is 2.47. The smallest absolute Gasteiger partial charge is 0.252 e. The minimum atomic E-state index is -0.494. The Morgan fingerprint density at radius 1 is 1.14 bits per heavy atom. The number of hydrogen-bond donors (Lipinski definition) is 0. The van der Waals surface area contributed by atoms with Crippen LogP contribution in [0.15, 0.2) is 54.6 Å². The minimum absolute atomic E-state index is 0.425. The summed E-state index contributed by atoms with van der Waals surface area (Å²) in [4.78, 5) is 16.0. The summed E-state index contributed by atoms with van der Waals surface area (Å²) in [6.45, 7) is 2.49. The maximum Gasteiger partial charge on any atom is 0.252 e. The minimum Gasteiger partial charge on any atom is -0.493 e. The number of hydrogen-bond acceptors (Lipinski definition) is 3. The molecule has 0 unspecified atom stereocenters. The Labute approximate surface area is 133 Å². The van der Waals surface area contributed by atoms with Gasteiger partial charge in [0.2, 0.25) is 0 Å². The van der Waals surface area contributed by atoms with Crippen LogP contribution in [0.3, 0.4) is 0 Å². The highest BCUT2D eigenvalue weighted by atomic mass is 35.5. The number of carbonyl (C=O) groups is 1. The number of benzene rings is 2. The number of fused-ring (bicyclic) bond motifs is 1. The normalized spacial score (nSPS) is 10.6. The van der Waals surface area contributed by atoms with E-state index >= 15 is 0 Å². The van der Waals surface area contributed by atoms with Crippen LogP contribution in [0.4, 0.5) is 0 Å². The molecular weight excluding hydrogens is 298 g/mol. The summed E-state index contributed by atoms with van der Waals surface area (Å²) in [7, 11) is 0. The lowest BCUT2D eigenvalue weighted by Gasteiger charge is -2.11. The number of halogens is 1. The van der Waals surface area contributed by atoms with Crippen LogP contribution in [-0.2, 0) is 0 Å². The van der Waals surface area contributed by atoms with Gasteiger partial charge in [-0.1, -0.05) is 30.3 Å². The fourth-order valence-electron chi connectivity index (χ4n) is 2.35. The van der Waals surface area contributed by atoms with Crippen molar-refractivity contribution < 1.29 is 9.53 Å². The molecule has 0 fully saturated rings. The Morgan fingerprint density at radius 3 is 2.59 bits per heavy atom. The van der Waals surface area contributed by atoms with E-state index < -0.39 is 5.24 Å². The maximum absolute atomic E-state index is 11.4. The lowest BCUT2D eigenvalue weighted by molar-refractivity contribution is 0.108. The van der Waals surface area contributed by atoms with Gasteiger partial charge in [0.15, 0.2) is 0 Å². The molecule has 0 N–H and O–H groups in total. The molecule has 3 rings (SSSR count). The number of nitrogens with zero attached hydrogens (tertiary/aromatic N) is 1. The van der Waals surface area contributed by atoms with Gasteiger partial charge in [0, 0.05) is 22.6 Å². The molecule has 0 saturated heterocycles.